The van der Waals surface area contributed by atoms with Gasteiger partial charge in [0.1, 0.15) is 6.10 Å². The van der Waals surface area contributed by atoms with Crippen LogP contribution in [-0.2, 0) is 19.1 Å². The number of hydroxylamine groups is 1. The van der Waals surface area contributed by atoms with Crippen LogP contribution in [0.5, 0.6) is 0 Å². The first-order valence-corrected chi connectivity index (χ1v) is 11.4. The minimum absolute atomic E-state index is 0.142. The highest BCUT2D eigenvalue weighted by atomic mass is 16.6. The summed E-state index contributed by atoms with van der Waals surface area (Å²) in [5.74, 6) is -1.25. The maximum atomic E-state index is 13.6. The summed E-state index contributed by atoms with van der Waals surface area (Å²) in [6.07, 6.45) is 6.46. The Balaban J connectivity index is 2.42. The van der Waals surface area contributed by atoms with Gasteiger partial charge in [0.15, 0.2) is 6.04 Å². The Hall–Kier alpha value is -2.41. The van der Waals surface area contributed by atoms with Crippen LogP contribution in [0.1, 0.15) is 83.7 Å². The van der Waals surface area contributed by atoms with Crippen molar-refractivity contribution in [2.24, 2.45) is 11.8 Å². The van der Waals surface area contributed by atoms with Crippen LogP contribution in [0.2, 0.25) is 0 Å². The first kappa shape index (κ1) is 24.9. The van der Waals surface area contributed by atoms with E-state index in [-0.39, 0.29) is 23.6 Å². The van der Waals surface area contributed by atoms with Crippen molar-refractivity contribution in [3.63, 3.8) is 0 Å². The molecule has 1 unspecified atom stereocenters. The van der Waals surface area contributed by atoms with Gasteiger partial charge in [-0.25, -0.2) is 9.80 Å². The maximum Gasteiger partial charge on any atom is 0.336 e. The van der Waals surface area contributed by atoms with Gasteiger partial charge in [0.25, 0.3) is 6.41 Å². The summed E-state index contributed by atoms with van der Waals surface area (Å²) in [6, 6.07) is 7.46. The Morgan fingerprint density at radius 1 is 1.19 bits per heavy atom. The van der Waals surface area contributed by atoms with E-state index in [1.165, 1.54) is 0 Å². The average Bonchev–Trinajstić information content (AvgIpc) is 3.27. The first-order chi connectivity index (χ1) is 14.9. The van der Waals surface area contributed by atoms with E-state index in [9.17, 15) is 19.6 Å². The van der Waals surface area contributed by atoms with Crippen LogP contribution in [0, 0.1) is 11.8 Å². The predicted octanol–water partition coefficient (Wildman–Crippen LogP) is 4.66. The number of unbranched alkanes of at least 4 members (excludes halogenated alkanes) is 1. The van der Waals surface area contributed by atoms with Crippen LogP contribution in [0.3, 0.4) is 0 Å². The van der Waals surface area contributed by atoms with E-state index in [4.69, 9.17) is 4.74 Å². The summed E-state index contributed by atoms with van der Waals surface area (Å²) in [5.41, 5.74) is 0.485. The Morgan fingerprint density at radius 3 is 2.39 bits per heavy atom. The zero-order valence-corrected chi connectivity index (χ0v) is 18.9. The molecule has 2 atom stereocenters. The molecule has 172 valence electrons. The molecule has 1 fully saturated rings. The molecular formula is C24H36N2O5. The fraction of sp³-hybridized carbons (Fsp3) is 0.625. The second kappa shape index (κ2) is 12.4. The monoisotopic (exact) mass is 432 g/mol. The van der Waals surface area contributed by atoms with Gasteiger partial charge in [0.2, 0.25) is 5.91 Å². The van der Waals surface area contributed by atoms with E-state index in [0.29, 0.717) is 18.4 Å². The average molecular weight is 433 g/mol. The quantitative estimate of drug-likeness (QED) is 0.225. The third kappa shape index (κ3) is 7.06. The number of esters is 1. The molecule has 31 heavy (non-hydrogen) atoms. The molecule has 1 aliphatic rings. The van der Waals surface area contributed by atoms with Crippen molar-refractivity contribution in [3.8, 4) is 0 Å². The molecule has 1 aliphatic carbocycles. The number of rotatable bonds is 12. The minimum atomic E-state index is -1.24. The van der Waals surface area contributed by atoms with Gasteiger partial charge in [-0.05, 0) is 50.0 Å². The van der Waals surface area contributed by atoms with Crippen molar-refractivity contribution < 1.29 is 24.3 Å². The zero-order chi connectivity index (χ0) is 22.8. The van der Waals surface area contributed by atoms with Crippen LogP contribution in [-0.4, -0.2) is 39.8 Å². The molecular weight excluding hydrogens is 396 g/mol. The molecule has 0 radical (unpaired) electrons. The number of carbonyl (C=O) groups is 3. The van der Waals surface area contributed by atoms with E-state index in [1.807, 2.05) is 20.8 Å². The van der Waals surface area contributed by atoms with Crippen molar-refractivity contribution in [2.45, 2.75) is 84.3 Å². The molecule has 1 saturated carbocycles. The smallest absolute Gasteiger partial charge is 0.336 e. The van der Waals surface area contributed by atoms with Gasteiger partial charge < -0.3 is 4.74 Å². The number of hydrogen-bond donors (Lipinski definition) is 1. The Morgan fingerprint density at radius 2 is 1.84 bits per heavy atom. The van der Waals surface area contributed by atoms with Crippen LogP contribution < -0.4 is 0 Å². The van der Waals surface area contributed by atoms with E-state index in [0.717, 1.165) is 43.5 Å². The Bertz CT molecular complexity index is 703. The summed E-state index contributed by atoms with van der Waals surface area (Å²) in [6.45, 7) is 6.09. The van der Waals surface area contributed by atoms with Crippen LogP contribution >= 0.6 is 0 Å². The van der Waals surface area contributed by atoms with E-state index in [2.05, 4.69) is 0 Å². The zero-order valence-electron chi connectivity index (χ0n) is 18.9. The number of hydrogen-bond acceptors (Lipinski definition) is 5. The Labute approximate surface area is 185 Å². The molecule has 0 saturated heterocycles. The van der Waals surface area contributed by atoms with Crippen LogP contribution in [0.15, 0.2) is 30.3 Å². The summed E-state index contributed by atoms with van der Waals surface area (Å²) < 4.78 is 5.71. The van der Waals surface area contributed by atoms with Gasteiger partial charge in [0.05, 0.1) is 0 Å². The summed E-state index contributed by atoms with van der Waals surface area (Å²) in [4.78, 5) is 38.4. The number of benzene rings is 1. The minimum Gasteiger partial charge on any atom is -0.461 e. The topological polar surface area (TPSA) is 87.2 Å². The number of nitrogens with zero attached hydrogens (tertiary/aromatic N) is 2. The summed E-state index contributed by atoms with van der Waals surface area (Å²) in [5, 5.41) is 11.5. The number of amides is 2. The number of hydrazine groups is 1. The maximum absolute atomic E-state index is 13.6. The van der Waals surface area contributed by atoms with Gasteiger partial charge in [-0.15, -0.1) is 5.17 Å². The van der Waals surface area contributed by atoms with Crippen molar-refractivity contribution in [2.75, 3.05) is 0 Å². The fourth-order valence-electron chi connectivity index (χ4n) is 4.19. The highest BCUT2D eigenvalue weighted by molar-refractivity contribution is 5.87. The highest BCUT2D eigenvalue weighted by Gasteiger charge is 2.40. The van der Waals surface area contributed by atoms with E-state index < -0.39 is 23.8 Å². The lowest BCUT2D eigenvalue weighted by Crippen LogP contribution is -2.51. The molecule has 0 heterocycles. The molecule has 1 N–H and O–H groups in total. The Kier molecular flexibility index (Phi) is 9.98. The molecule has 7 heteroatoms. The molecule has 0 bridgehead atoms. The van der Waals surface area contributed by atoms with Crippen LogP contribution in [0.25, 0.3) is 0 Å². The van der Waals surface area contributed by atoms with Gasteiger partial charge in [0, 0.05) is 5.92 Å². The van der Waals surface area contributed by atoms with E-state index >= 15 is 0 Å². The molecule has 1 aromatic carbocycles. The third-order valence-corrected chi connectivity index (χ3v) is 5.72. The van der Waals surface area contributed by atoms with Gasteiger partial charge >= 0.3 is 5.97 Å². The number of carbonyl (C=O) groups excluding carboxylic acids is 3. The molecule has 1 aromatic rings. The van der Waals surface area contributed by atoms with Crippen molar-refractivity contribution in [1.29, 1.82) is 0 Å². The SMILES string of the molecule is CCCCC(CC(C)C)C(=O)N([C@H](C(=O)OC1CCCC1)c1ccccc1)N(O)C=O. The predicted molar refractivity (Wildman–Crippen MR) is 117 cm³/mol. The lowest BCUT2D eigenvalue weighted by Gasteiger charge is -2.36. The molecule has 0 aliphatic heterocycles. The molecule has 0 spiro atoms. The number of ether oxygens (including phenoxy) is 1. The summed E-state index contributed by atoms with van der Waals surface area (Å²) >= 11 is 0. The molecule has 2 rings (SSSR count). The first-order valence-electron chi connectivity index (χ1n) is 11.4. The van der Waals surface area contributed by atoms with Gasteiger partial charge in [-0.1, -0.05) is 63.9 Å². The third-order valence-electron chi connectivity index (χ3n) is 5.72. The normalized spacial score (nSPS) is 16.0. The van der Waals surface area contributed by atoms with Crippen LogP contribution in [0.4, 0.5) is 0 Å². The van der Waals surface area contributed by atoms with Gasteiger partial charge in [-0.3, -0.25) is 14.8 Å². The molecule has 7 nitrogen and oxygen atoms in total. The second-order valence-electron chi connectivity index (χ2n) is 8.73. The standard InChI is InChI=1S/C24H36N2O5/c1-4-5-11-20(16-18(2)3)23(28)26(25(30)17-27)22(19-12-7-6-8-13-19)24(29)31-21-14-9-10-15-21/h6-8,12-13,17-18,20-22,30H,4-5,9-11,14-16H2,1-3H3/t20?,22-/m0/s1. The lowest BCUT2D eigenvalue weighted by molar-refractivity contribution is -0.241. The summed E-state index contributed by atoms with van der Waals surface area (Å²) in [7, 11) is 0. The van der Waals surface area contributed by atoms with Crippen molar-refractivity contribution >= 4 is 18.3 Å². The van der Waals surface area contributed by atoms with Gasteiger partial charge in [-0.2, -0.15) is 0 Å². The highest BCUT2D eigenvalue weighted by Crippen LogP contribution is 2.31. The van der Waals surface area contributed by atoms with Crippen molar-refractivity contribution in [1.82, 2.24) is 10.2 Å². The van der Waals surface area contributed by atoms with Crippen molar-refractivity contribution in [3.05, 3.63) is 35.9 Å². The molecule has 2 amide bonds. The van der Waals surface area contributed by atoms with E-state index in [1.54, 1.807) is 30.3 Å². The largest absolute Gasteiger partial charge is 0.461 e. The lowest BCUT2D eigenvalue weighted by atomic mass is 9.90. The molecule has 0 aromatic heterocycles. The second-order valence-corrected chi connectivity index (χ2v) is 8.73. The fourth-order valence-corrected chi connectivity index (χ4v) is 4.19.